The summed E-state index contributed by atoms with van der Waals surface area (Å²) in [6.07, 6.45) is 0.372. The van der Waals surface area contributed by atoms with E-state index in [1.807, 2.05) is 13.8 Å². The minimum absolute atomic E-state index is 0. The normalized spacial score (nSPS) is 11.1. The summed E-state index contributed by atoms with van der Waals surface area (Å²) in [4.78, 5) is 0. The van der Waals surface area contributed by atoms with Crippen molar-refractivity contribution in [1.82, 2.24) is 0 Å². The molecule has 2 rings (SSSR count). The first-order valence-electron chi connectivity index (χ1n) is 8.04. The molecule has 4 nitrogen and oxygen atoms in total. The van der Waals surface area contributed by atoms with Gasteiger partial charge in [-0.05, 0) is 68.5 Å². The number of rotatable bonds is 6. The molecule has 0 saturated heterocycles. The average Bonchev–Trinajstić information content (AvgIpc) is 2.43. The van der Waals surface area contributed by atoms with Crippen LogP contribution in [0, 0.1) is 27.7 Å². The summed E-state index contributed by atoms with van der Waals surface area (Å²) in [5, 5.41) is 3.28. The Morgan fingerprint density at radius 2 is 1.36 bits per heavy atom. The zero-order valence-corrected chi connectivity index (χ0v) is 15.5. The van der Waals surface area contributed by atoms with E-state index in [4.69, 9.17) is 4.55 Å². The number of nitrogens with one attached hydrogen (secondary N) is 1. The SMILES string of the molecule is Cc1cc(C)cc(-c2cc(C)c(NCCCS(=O)(=O)O)c(C)c2)c1.[NaH]. The van der Waals surface area contributed by atoms with E-state index in [0.717, 1.165) is 16.8 Å². The fourth-order valence-electron chi connectivity index (χ4n) is 3.02. The van der Waals surface area contributed by atoms with Crippen LogP contribution in [0.2, 0.25) is 0 Å². The fourth-order valence-corrected chi connectivity index (χ4v) is 3.53. The average molecular weight is 371 g/mol. The van der Waals surface area contributed by atoms with Crippen LogP contribution in [0.1, 0.15) is 28.7 Å². The summed E-state index contributed by atoms with van der Waals surface area (Å²) in [6, 6.07) is 10.8. The van der Waals surface area contributed by atoms with Gasteiger partial charge in [0, 0.05) is 12.2 Å². The van der Waals surface area contributed by atoms with Gasteiger partial charge in [-0.1, -0.05) is 29.3 Å². The molecule has 0 aliphatic heterocycles. The van der Waals surface area contributed by atoms with Crippen molar-refractivity contribution in [2.24, 2.45) is 0 Å². The van der Waals surface area contributed by atoms with Crippen LogP contribution in [0.5, 0.6) is 0 Å². The van der Waals surface area contributed by atoms with Crippen LogP contribution in [-0.4, -0.2) is 54.8 Å². The van der Waals surface area contributed by atoms with Crippen molar-refractivity contribution in [2.45, 2.75) is 34.1 Å². The van der Waals surface area contributed by atoms with E-state index in [1.165, 1.54) is 22.3 Å². The summed E-state index contributed by atoms with van der Waals surface area (Å²) in [5.41, 5.74) is 8.14. The molecule has 25 heavy (non-hydrogen) atoms. The van der Waals surface area contributed by atoms with Gasteiger partial charge >= 0.3 is 29.6 Å². The third-order valence-corrected chi connectivity index (χ3v) is 4.77. The molecule has 0 aromatic heterocycles. The predicted octanol–water partition coefficient (Wildman–Crippen LogP) is 3.63. The van der Waals surface area contributed by atoms with Crippen LogP contribution in [0.25, 0.3) is 11.1 Å². The van der Waals surface area contributed by atoms with Crippen molar-refractivity contribution < 1.29 is 13.0 Å². The zero-order valence-electron chi connectivity index (χ0n) is 14.7. The van der Waals surface area contributed by atoms with Crippen molar-refractivity contribution in [2.75, 3.05) is 17.6 Å². The van der Waals surface area contributed by atoms with E-state index in [0.29, 0.717) is 13.0 Å². The van der Waals surface area contributed by atoms with Gasteiger partial charge in [-0.15, -0.1) is 0 Å². The molecule has 0 aliphatic carbocycles. The topological polar surface area (TPSA) is 66.4 Å². The summed E-state index contributed by atoms with van der Waals surface area (Å²) >= 11 is 0. The molecule has 0 atom stereocenters. The Balaban J connectivity index is 0.00000312. The van der Waals surface area contributed by atoms with E-state index in [2.05, 4.69) is 49.5 Å². The number of benzene rings is 2. The molecule has 2 aromatic carbocycles. The van der Waals surface area contributed by atoms with Crippen LogP contribution in [0.4, 0.5) is 5.69 Å². The third kappa shape index (κ3) is 6.76. The molecular formula is C19H26NNaO3S. The maximum absolute atomic E-state index is 10.8. The van der Waals surface area contributed by atoms with Gasteiger partial charge in [0.15, 0.2) is 0 Å². The van der Waals surface area contributed by atoms with Gasteiger partial charge in [-0.3, -0.25) is 4.55 Å². The van der Waals surface area contributed by atoms with Crippen molar-refractivity contribution >= 4 is 45.4 Å². The monoisotopic (exact) mass is 371 g/mol. The number of hydrogen-bond donors (Lipinski definition) is 2. The van der Waals surface area contributed by atoms with Gasteiger partial charge in [0.1, 0.15) is 0 Å². The number of hydrogen-bond acceptors (Lipinski definition) is 3. The van der Waals surface area contributed by atoms with E-state index in [-0.39, 0.29) is 35.3 Å². The Kier molecular flexibility index (Phi) is 8.16. The number of anilines is 1. The quantitative estimate of drug-likeness (QED) is 0.462. The Morgan fingerprint density at radius 3 is 1.84 bits per heavy atom. The predicted molar refractivity (Wildman–Crippen MR) is 107 cm³/mol. The summed E-state index contributed by atoms with van der Waals surface area (Å²) in [6.45, 7) is 8.79. The van der Waals surface area contributed by atoms with Crippen molar-refractivity contribution in [3.8, 4) is 11.1 Å². The maximum atomic E-state index is 10.8. The second-order valence-corrected chi connectivity index (χ2v) is 8.00. The van der Waals surface area contributed by atoms with E-state index in [1.54, 1.807) is 0 Å². The zero-order chi connectivity index (χ0) is 17.9. The molecule has 0 heterocycles. The molecule has 2 aromatic rings. The summed E-state index contributed by atoms with van der Waals surface area (Å²) in [5.74, 6) is -0.223. The molecule has 2 N–H and O–H groups in total. The number of aryl methyl sites for hydroxylation is 4. The van der Waals surface area contributed by atoms with Crippen molar-refractivity contribution in [3.05, 3.63) is 52.6 Å². The fraction of sp³-hybridized carbons (Fsp3) is 0.368. The second-order valence-electron chi connectivity index (χ2n) is 6.43. The molecule has 0 spiro atoms. The summed E-state index contributed by atoms with van der Waals surface area (Å²) in [7, 11) is -3.89. The molecule has 132 valence electrons. The molecule has 0 amide bonds. The van der Waals surface area contributed by atoms with Crippen molar-refractivity contribution in [1.29, 1.82) is 0 Å². The van der Waals surface area contributed by atoms with Gasteiger partial charge < -0.3 is 5.32 Å². The molecule has 0 unspecified atom stereocenters. The van der Waals surface area contributed by atoms with E-state index in [9.17, 15) is 8.42 Å². The summed E-state index contributed by atoms with van der Waals surface area (Å²) < 4.78 is 30.3. The first-order chi connectivity index (χ1) is 11.2. The van der Waals surface area contributed by atoms with Gasteiger partial charge in [-0.2, -0.15) is 8.42 Å². The van der Waals surface area contributed by atoms with Gasteiger partial charge in [0.25, 0.3) is 10.1 Å². The molecule has 0 saturated carbocycles. The van der Waals surface area contributed by atoms with E-state index < -0.39 is 10.1 Å². The standard InChI is InChI=1S/C19H25NO3S.Na.H/c1-13-8-14(2)10-17(9-13)18-11-15(3)19(16(4)12-18)20-6-5-7-24(21,22)23;;/h8-12,20H,5-7H2,1-4H3,(H,21,22,23);;. The third-order valence-electron chi connectivity index (χ3n) is 3.97. The van der Waals surface area contributed by atoms with Gasteiger partial charge in [-0.25, -0.2) is 0 Å². The Bertz CT molecular complexity index is 804. The van der Waals surface area contributed by atoms with Gasteiger partial charge in [0.2, 0.25) is 0 Å². The second kappa shape index (κ2) is 9.19. The molecule has 6 heteroatoms. The first-order valence-corrected chi connectivity index (χ1v) is 9.65. The van der Waals surface area contributed by atoms with Crippen LogP contribution in [0.3, 0.4) is 0 Å². The van der Waals surface area contributed by atoms with Crippen LogP contribution in [-0.2, 0) is 10.1 Å². The molecule has 0 fully saturated rings. The molecule has 0 aliphatic rings. The Hall–Kier alpha value is -0.850. The minimum atomic E-state index is -3.89. The molecule has 0 bridgehead atoms. The Labute approximate surface area is 173 Å². The van der Waals surface area contributed by atoms with Crippen LogP contribution >= 0.6 is 0 Å². The van der Waals surface area contributed by atoms with Crippen molar-refractivity contribution in [3.63, 3.8) is 0 Å². The van der Waals surface area contributed by atoms with Crippen LogP contribution < -0.4 is 5.32 Å². The Morgan fingerprint density at radius 1 is 0.880 bits per heavy atom. The molecule has 0 radical (unpaired) electrons. The van der Waals surface area contributed by atoms with Crippen LogP contribution in [0.15, 0.2) is 30.3 Å². The van der Waals surface area contributed by atoms with Gasteiger partial charge in [0.05, 0.1) is 5.75 Å². The first kappa shape index (κ1) is 22.2. The molecular weight excluding hydrogens is 345 g/mol. The van der Waals surface area contributed by atoms with E-state index >= 15 is 0 Å².